The van der Waals surface area contributed by atoms with Gasteiger partial charge in [0.15, 0.2) is 6.10 Å². The number of carbonyl (C=O) groups is 2. The zero-order chi connectivity index (χ0) is 16.8. The van der Waals surface area contributed by atoms with Crippen molar-refractivity contribution in [3.8, 4) is 0 Å². The molecule has 1 unspecified atom stereocenters. The van der Waals surface area contributed by atoms with Gasteiger partial charge >= 0.3 is 5.97 Å². The van der Waals surface area contributed by atoms with Gasteiger partial charge in [0.2, 0.25) is 0 Å². The number of hydrogen-bond donors (Lipinski definition) is 2. The Morgan fingerprint density at radius 3 is 2.43 bits per heavy atom. The van der Waals surface area contributed by atoms with Gasteiger partial charge in [-0.05, 0) is 31.0 Å². The maximum absolute atomic E-state index is 13.4. The van der Waals surface area contributed by atoms with Crippen LogP contribution in [0.1, 0.15) is 35.7 Å². The predicted octanol–water partition coefficient (Wildman–Crippen LogP) is 1.96. The lowest BCUT2D eigenvalue weighted by Crippen LogP contribution is -2.44. The molecule has 2 fully saturated rings. The van der Waals surface area contributed by atoms with Crippen LogP contribution in [-0.2, 0) is 14.9 Å². The molecule has 1 aliphatic heterocycles. The molecule has 0 spiro atoms. The standard InChI is InChI=1S/C16H17F2NO4/c1-15(8-16(15,17)18)10-4-2-9(3-5-10)13(20)19-11-6-7-23-12(11)14(21)22/h2-5,11-12H,6-8H2,1H3,(H,19,20)(H,21,22)/t11-,12+,15?/m1/s1. The molecule has 0 bridgehead atoms. The number of hydrogen-bond acceptors (Lipinski definition) is 3. The molecule has 1 aromatic carbocycles. The number of carbonyl (C=O) groups excluding carboxylic acids is 1. The van der Waals surface area contributed by atoms with E-state index in [2.05, 4.69) is 5.32 Å². The molecule has 124 valence electrons. The first-order valence-electron chi connectivity index (χ1n) is 7.38. The fourth-order valence-corrected chi connectivity index (χ4v) is 2.94. The van der Waals surface area contributed by atoms with Crippen molar-refractivity contribution in [1.82, 2.24) is 5.32 Å². The number of amides is 1. The molecule has 1 saturated carbocycles. The summed E-state index contributed by atoms with van der Waals surface area (Å²) in [5.74, 6) is -4.26. The van der Waals surface area contributed by atoms with Gasteiger partial charge in [-0.3, -0.25) is 4.79 Å². The number of alkyl halides is 2. The van der Waals surface area contributed by atoms with E-state index in [0.29, 0.717) is 17.5 Å². The first kappa shape index (κ1) is 15.9. The molecule has 2 N–H and O–H groups in total. The summed E-state index contributed by atoms with van der Waals surface area (Å²) in [7, 11) is 0. The Bertz CT molecular complexity index is 646. The van der Waals surface area contributed by atoms with Crippen LogP contribution in [0.2, 0.25) is 0 Å². The molecule has 1 aromatic rings. The average molecular weight is 325 g/mol. The van der Waals surface area contributed by atoms with E-state index in [9.17, 15) is 18.4 Å². The quantitative estimate of drug-likeness (QED) is 0.887. The van der Waals surface area contributed by atoms with E-state index >= 15 is 0 Å². The van der Waals surface area contributed by atoms with Crippen LogP contribution in [0.5, 0.6) is 0 Å². The topological polar surface area (TPSA) is 75.6 Å². The van der Waals surface area contributed by atoms with Gasteiger partial charge in [0.05, 0.1) is 11.5 Å². The highest BCUT2D eigenvalue weighted by molar-refractivity contribution is 5.95. The van der Waals surface area contributed by atoms with Crippen LogP contribution in [0.15, 0.2) is 24.3 Å². The number of halogens is 2. The molecule has 1 amide bonds. The summed E-state index contributed by atoms with van der Waals surface area (Å²) in [6.45, 7) is 1.77. The van der Waals surface area contributed by atoms with E-state index < -0.39 is 35.4 Å². The Balaban J connectivity index is 1.68. The molecular formula is C16H17F2NO4. The van der Waals surface area contributed by atoms with Crippen molar-refractivity contribution in [1.29, 1.82) is 0 Å². The van der Waals surface area contributed by atoms with Crippen LogP contribution in [0.3, 0.4) is 0 Å². The number of carboxylic acids is 1. The third-order valence-electron chi connectivity index (χ3n) is 4.69. The summed E-state index contributed by atoms with van der Waals surface area (Å²) in [6, 6.07) is 5.42. The monoisotopic (exact) mass is 325 g/mol. The second-order valence-corrected chi connectivity index (χ2v) is 6.29. The molecule has 3 atom stereocenters. The molecule has 7 heteroatoms. The van der Waals surface area contributed by atoms with Gasteiger partial charge in [0, 0.05) is 18.6 Å². The van der Waals surface area contributed by atoms with Crippen molar-refractivity contribution in [3.05, 3.63) is 35.4 Å². The zero-order valence-electron chi connectivity index (χ0n) is 12.5. The Hall–Kier alpha value is -2.02. The molecule has 1 aliphatic carbocycles. The van der Waals surface area contributed by atoms with Gasteiger partial charge in [-0.1, -0.05) is 12.1 Å². The van der Waals surface area contributed by atoms with Crippen molar-refractivity contribution >= 4 is 11.9 Å². The molecule has 1 heterocycles. The van der Waals surface area contributed by atoms with E-state index in [1.807, 2.05) is 0 Å². The average Bonchev–Trinajstić information content (AvgIpc) is 2.86. The number of rotatable bonds is 4. The van der Waals surface area contributed by atoms with Crippen molar-refractivity contribution in [2.75, 3.05) is 6.61 Å². The Morgan fingerprint density at radius 2 is 1.91 bits per heavy atom. The summed E-state index contributed by atoms with van der Waals surface area (Å²) in [5, 5.41) is 11.6. The highest BCUT2D eigenvalue weighted by atomic mass is 19.3. The lowest BCUT2D eigenvalue weighted by Gasteiger charge is -2.17. The first-order chi connectivity index (χ1) is 10.7. The van der Waals surface area contributed by atoms with Crippen LogP contribution < -0.4 is 5.32 Å². The highest BCUT2D eigenvalue weighted by Gasteiger charge is 2.68. The number of aliphatic carboxylic acids is 1. The minimum atomic E-state index is -2.70. The normalized spacial score (nSPS) is 31.6. The van der Waals surface area contributed by atoms with Crippen LogP contribution in [-0.4, -0.2) is 41.7 Å². The van der Waals surface area contributed by atoms with Crippen LogP contribution in [0.25, 0.3) is 0 Å². The highest BCUT2D eigenvalue weighted by Crippen LogP contribution is 2.61. The molecule has 0 aromatic heterocycles. The SMILES string of the molecule is CC1(c2ccc(C(=O)N[C@@H]3CCO[C@@H]3C(=O)O)cc2)CC1(F)F. The van der Waals surface area contributed by atoms with Gasteiger partial charge in [-0.2, -0.15) is 0 Å². The Labute approximate surface area is 131 Å². The smallest absolute Gasteiger partial charge is 0.334 e. The number of carboxylic acid groups (broad SMARTS) is 1. The number of nitrogens with one attached hydrogen (secondary N) is 1. The molecule has 23 heavy (non-hydrogen) atoms. The Morgan fingerprint density at radius 1 is 1.30 bits per heavy atom. The van der Waals surface area contributed by atoms with Crippen molar-refractivity contribution in [2.45, 2.75) is 43.2 Å². The maximum Gasteiger partial charge on any atom is 0.334 e. The van der Waals surface area contributed by atoms with Crippen molar-refractivity contribution in [2.24, 2.45) is 0 Å². The maximum atomic E-state index is 13.4. The lowest BCUT2D eigenvalue weighted by molar-refractivity contribution is -0.148. The summed E-state index contributed by atoms with van der Waals surface area (Å²) in [4.78, 5) is 23.2. The van der Waals surface area contributed by atoms with E-state index in [-0.39, 0.29) is 13.0 Å². The first-order valence-corrected chi connectivity index (χ1v) is 7.38. The third-order valence-corrected chi connectivity index (χ3v) is 4.69. The molecule has 0 radical (unpaired) electrons. The second kappa shape index (κ2) is 5.26. The lowest BCUT2D eigenvalue weighted by atomic mass is 9.96. The minimum absolute atomic E-state index is 0.189. The largest absolute Gasteiger partial charge is 0.479 e. The second-order valence-electron chi connectivity index (χ2n) is 6.29. The molecule has 3 rings (SSSR count). The number of ether oxygens (including phenoxy) is 1. The van der Waals surface area contributed by atoms with Gasteiger partial charge in [-0.25, -0.2) is 13.6 Å². The Kier molecular flexibility index (Phi) is 3.63. The van der Waals surface area contributed by atoms with E-state index in [4.69, 9.17) is 9.84 Å². The van der Waals surface area contributed by atoms with Gasteiger partial charge in [0.1, 0.15) is 0 Å². The van der Waals surface area contributed by atoms with Crippen LogP contribution >= 0.6 is 0 Å². The third kappa shape index (κ3) is 2.69. The fraction of sp³-hybridized carbons (Fsp3) is 0.500. The molecule has 2 aliphatic rings. The van der Waals surface area contributed by atoms with Crippen molar-refractivity contribution in [3.63, 3.8) is 0 Å². The minimum Gasteiger partial charge on any atom is -0.479 e. The van der Waals surface area contributed by atoms with E-state index in [1.54, 1.807) is 0 Å². The van der Waals surface area contributed by atoms with Crippen molar-refractivity contribution < 1.29 is 28.2 Å². The summed E-state index contributed by atoms with van der Waals surface area (Å²) in [5.41, 5.74) is -0.362. The number of benzene rings is 1. The molecule has 5 nitrogen and oxygen atoms in total. The van der Waals surface area contributed by atoms with Crippen LogP contribution in [0.4, 0.5) is 8.78 Å². The molecule has 1 saturated heterocycles. The van der Waals surface area contributed by atoms with E-state index in [1.165, 1.54) is 31.2 Å². The van der Waals surface area contributed by atoms with Gasteiger partial charge < -0.3 is 15.2 Å². The van der Waals surface area contributed by atoms with Crippen LogP contribution in [0, 0.1) is 0 Å². The predicted molar refractivity (Wildman–Crippen MR) is 76.6 cm³/mol. The van der Waals surface area contributed by atoms with Gasteiger partial charge in [-0.15, -0.1) is 0 Å². The summed E-state index contributed by atoms with van der Waals surface area (Å²) >= 11 is 0. The van der Waals surface area contributed by atoms with Gasteiger partial charge in [0.25, 0.3) is 11.8 Å². The molecular weight excluding hydrogens is 308 g/mol. The zero-order valence-corrected chi connectivity index (χ0v) is 12.5. The van der Waals surface area contributed by atoms with E-state index in [0.717, 1.165) is 0 Å². The summed E-state index contributed by atoms with van der Waals surface area (Å²) in [6.07, 6.45) is -0.821. The summed E-state index contributed by atoms with van der Waals surface area (Å²) < 4.78 is 31.8. The fourth-order valence-electron chi connectivity index (χ4n) is 2.94.